The third kappa shape index (κ3) is 9.76. The lowest BCUT2D eigenvalue weighted by Gasteiger charge is -2.30. The monoisotopic (exact) mass is 508 g/mol. The lowest BCUT2D eigenvalue weighted by atomic mass is 9.85. The van der Waals surface area contributed by atoms with E-state index in [-0.39, 0.29) is 42.4 Å². The van der Waals surface area contributed by atoms with Gasteiger partial charge in [0.15, 0.2) is 5.96 Å². The normalized spacial score (nSPS) is 23.7. The van der Waals surface area contributed by atoms with Gasteiger partial charge in [0.25, 0.3) is 0 Å². The van der Waals surface area contributed by atoms with Crippen molar-refractivity contribution < 1.29 is 9.90 Å². The molecule has 2 rings (SSSR count). The number of rotatable bonds is 10. The molecule has 4 N–H and O–H groups in total. The smallest absolute Gasteiger partial charge is 0.223 e. The van der Waals surface area contributed by atoms with Crippen LogP contribution in [0.15, 0.2) is 4.99 Å². The predicted octanol–water partition coefficient (Wildman–Crippen LogP) is 3.04. The number of halogens is 1. The standard InChI is InChI=1S/C21H40N4O2.HI/c1-4-22-21(23-14-16(10-11-26)12-15(2)3)25-19-7-5-6-17(13-19)20(27)24-18-8-9-18;/h15-19,26H,4-14H2,1-3H3,(H,24,27)(H2,22,23,25);1H. The first-order valence-corrected chi connectivity index (χ1v) is 11.0. The molecule has 2 fully saturated rings. The summed E-state index contributed by atoms with van der Waals surface area (Å²) in [6, 6.07) is 0.738. The molecule has 0 radical (unpaired) electrons. The van der Waals surface area contributed by atoms with Gasteiger partial charge < -0.3 is 21.1 Å². The Balaban J connectivity index is 0.00000392. The Morgan fingerprint density at radius 1 is 1.14 bits per heavy atom. The zero-order valence-electron chi connectivity index (χ0n) is 17.9. The molecule has 0 aromatic carbocycles. The van der Waals surface area contributed by atoms with Crippen molar-refractivity contribution in [3.05, 3.63) is 0 Å². The summed E-state index contributed by atoms with van der Waals surface area (Å²) in [6.07, 6.45) is 8.21. The van der Waals surface area contributed by atoms with Gasteiger partial charge >= 0.3 is 0 Å². The molecule has 0 spiro atoms. The highest BCUT2D eigenvalue weighted by Gasteiger charge is 2.31. The minimum Gasteiger partial charge on any atom is -0.396 e. The molecule has 0 aromatic heterocycles. The number of amides is 1. The number of hydrogen-bond acceptors (Lipinski definition) is 3. The fraction of sp³-hybridized carbons (Fsp3) is 0.905. The summed E-state index contributed by atoms with van der Waals surface area (Å²) >= 11 is 0. The molecule has 3 atom stereocenters. The summed E-state index contributed by atoms with van der Waals surface area (Å²) in [5.41, 5.74) is 0. The first-order valence-electron chi connectivity index (χ1n) is 11.0. The van der Waals surface area contributed by atoms with Crippen molar-refractivity contribution in [1.29, 1.82) is 0 Å². The van der Waals surface area contributed by atoms with Crippen LogP contribution in [0.3, 0.4) is 0 Å². The summed E-state index contributed by atoms with van der Waals surface area (Å²) in [7, 11) is 0. The van der Waals surface area contributed by atoms with E-state index in [2.05, 4.69) is 36.7 Å². The highest BCUT2D eigenvalue weighted by Crippen LogP contribution is 2.26. The van der Waals surface area contributed by atoms with Gasteiger partial charge in [0.1, 0.15) is 0 Å². The summed E-state index contributed by atoms with van der Waals surface area (Å²) in [4.78, 5) is 17.2. The van der Waals surface area contributed by atoms with Crippen LogP contribution in [0.4, 0.5) is 0 Å². The van der Waals surface area contributed by atoms with Crippen molar-refractivity contribution in [2.45, 2.75) is 84.2 Å². The number of nitrogens with one attached hydrogen (secondary N) is 3. The fourth-order valence-electron chi connectivity index (χ4n) is 3.97. The van der Waals surface area contributed by atoms with Gasteiger partial charge in [0.05, 0.1) is 0 Å². The summed E-state index contributed by atoms with van der Waals surface area (Å²) in [5, 5.41) is 19.4. The molecule has 7 heteroatoms. The first kappa shape index (κ1) is 25.5. The third-order valence-electron chi connectivity index (χ3n) is 5.50. The highest BCUT2D eigenvalue weighted by molar-refractivity contribution is 14.0. The maximum atomic E-state index is 12.4. The van der Waals surface area contributed by atoms with E-state index < -0.39 is 0 Å². The van der Waals surface area contributed by atoms with E-state index >= 15 is 0 Å². The summed E-state index contributed by atoms with van der Waals surface area (Å²) < 4.78 is 0. The molecule has 0 bridgehead atoms. The third-order valence-corrected chi connectivity index (χ3v) is 5.50. The van der Waals surface area contributed by atoms with Crippen molar-refractivity contribution in [3.63, 3.8) is 0 Å². The highest BCUT2D eigenvalue weighted by atomic mass is 127. The molecule has 164 valence electrons. The number of aliphatic imine (C=N–C) groups is 1. The zero-order valence-corrected chi connectivity index (χ0v) is 20.2. The number of aliphatic hydroxyl groups is 1. The molecule has 6 nitrogen and oxygen atoms in total. The Kier molecular flexibility index (Phi) is 12.4. The Bertz CT molecular complexity index is 483. The summed E-state index contributed by atoms with van der Waals surface area (Å²) in [5.74, 6) is 2.23. The Morgan fingerprint density at radius 2 is 1.89 bits per heavy atom. The van der Waals surface area contributed by atoms with Crippen LogP contribution >= 0.6 is 24.0 Å². The molecule has 1 amide bonds. The van der Waals surface area contributed by atoms with Crippen LogP contribution in [0.5, 0.6) is 0 Å². The SMILES string of the molecule is CCNC(=NCC(CCO)CC(C)C)NC1CCCC(C(=O)NC2CC2)C1.I. The van der Waals surface area contributed by atoms with Crippen LogP contribution in [-0.2, 0) is 4.79 Å². The van der Waals surface area contributed by atoms with Crippen LogP contribution in [0.25, 0.3) is 0 Å². The Morgan fingerprint density at radius 3 is 2.50 bits per heavy atom. The summed E-state index contributed by atoms with van der Waals surface area (Å²) in [6.45, 7) is 8.27. The van der Waals surface area contributed by atoms with Crippen molar-refractivity contribution in [1.82, 2.24) is 16.0 Å². The number of hydrogen-bond donors (Lipinski definition) is 4. The van der Waals surface area contributed by atoms with Crippen molar-refractivity contribution in [2.75, 3.05) is 19.7 Å². The fourth-order valence-corrected chi connectivity index (χ4v) is 3.97. The second-order valence-corrected chi connectivity index (χ2v) is 8.72. The van der Waals surface area contributed by atoms with Crippen LogP contribution < -0.4 is 16.0 Å². The van der Waals surface area contributed by atoms with E-state index in [1.807, 2.05) is 0 Å². The lowest BCUT2D eigenvalue weighted by Crippen LogP contribution is -2.47. The van der Waals surface area contributed by atoms with E-state index in [0.29, 0.717) is 23.9 Å². The van der Waals surface area contributed by atoms with Crippen LogP contribution in [0, 0.1) is 17.8 Å². The minimum atomic E-state index is 0. The van der Waals surface area contributed by atoms with Crippen molar-refractivity contribution >= 4 is 35.8 Å². The molecule has 28 heavy (non-hydrogen) atoms. The van der Waals surface area contributed by atoms with E-state index in [4.69, 9.17) is 4.99 Å². The van der Waals surface area contributed by atoms with Gasteiger partial charge in [-0.1, -0.05) is 20.3 Å². The van der Waals surface area contributed by atoms with Gasteiger partial charge in [0, 0.05) is 37.7 Å². The van der Waals surface area contributed by atoms with Crippen molar-refractivity contribution in [2.24, 2.45) is 22.7 Å². The van der Waals surface area contributed by atoms with Crippen LogP contribution in [0.1, 0.15) is 72.1 Å². The molecule has 0 heterocycles. The Labute approximate surface area is 188 Å². The number of carbonyl (C=O) groups excluding carboxylic acids is 1. The molecule has 0 saturated heterocycles. The van der Waals surface area contributed by atoms with E-state index in [1.54, 1.807) is 0 Å². The molecular formula is C21H41IN4O2. The van der Waals surface area contributed by atoms with Gasteiger partial charge in [-0.15, -0.1) is 24.0 Å². The van der Waals surface area contributed by atoms with Gasteiger partial charge in [-0.3, -0.25) is 9.79 Å². The van der Waals surface area contributed by atoms with E-state index in [0.717, 1.165) is 70.4 Å². The van der Waals surface area contributed by atoms with Crippen LogP contribution in [-0.4, -0.2) is 48.8 Å². The zero-order chi connectivity index (χ0) is 19.6. The molecule has 0 aliphatic heterocycles. The van der Waals surface area contributed by atoms with Crippen LogP contribution in [0.2, 0.25) is 0 Å². The minimum absolute atomic E-state index is 0. The molecule has 2 aliphatic carbocycles. The number of carbonyl (C=O) groups is 1. The number of guanidine groups is 1. The second-order valence-electron chi connectivity index (χ2n) is 8.72. The van der Waals surface area contributed by atoms with Gasteiger partial charge in [-0.05, 0) is 63.7 Å². The molecular weight excluding hydrogens is 467 g/mol. The maximum absolute atomic E-state index is 12.4. The molecule has 0 aromatic rings. The van der Waals surface area contributed by atoms with Crippen molar-refractivity contribution in [3.8, 4) is 0 Å². The van der Waals surface area contributed by atoms with Gasteiger partial charge in [-0.2, -0.15) is 0 Å². The van der Waals surface area contributed by atoms with E-state index in [1.165, 1.54) is 0 Å². The average molecular weight is 508 g/mol. The topological polar surface area (TPSA) is 85.8 Å². The van der Waals surface area contributed by atoms with Gasteiger partial charge in [0.2, 0.25) is 5.91 Å². The predicted molar refractivity (Wildman–Crippen MR) is 126 cm³/mol. The van der Waals surface area contributed by atoms with Gasteiger partial charge in [-0.25, -0.2) is 0 Å². The lowest BCUT2D eigenvalue weighted by molar-refractivity contribution is -0.126. The molecule has 3 unspecified atom stereocenters. The van der Waals surface area contributed by atoms with E-state index in [9.17, 15) is 9.90 Å². The number of nitrogens with zero attached hydrogens (tertiary/aromatic N) is 1. The molecule has 2 saturated carbocycles. The quantitative estimate of drug-likeness (QED) is 0.208. The first-order chi connectivity index (χ1) is 13.0. The number of aliphatic hydroxyl groups excluding tert-OH is 1. The largest absolute Gasteiger partial charge is 0.396 e. The Hall–Kier alpha value is -0.570. The maximum Gasteiger partial charge on any atom is 0.223 e. The second kappa shape index (κ2) is 13.6. The molecule has 2 aliphatic rings. The average Bonchev–Trinajstić information content (AvgIpc) is 3.43.